The Hall–Kier alpha value is -0.560. The lowest BCUT2D eigenvalue weighted by Gasteiger charge is -2.15. The van der Waals surface area contributed by atoms with Crippen molar-refractivity contribution >= 4 is 11.6 Å². The fourth-order valence-electron chi connectivity index (χ4n) is 1.46. The molecule has 1 fully saturated rings. The minimum Gasteiger partial charge on any atom is -0.261 e. The molecule has 0 N–H and O–H groups in total. The third-order valence-electron chi connectivity index (χ3n) is 2.91. The number of halogens is 1. The first-order valence-electron chi connectivity index (χ1n) is 4.75. The summed E-state index contributed by atoms with van der Waals surface area (Å²) >= 11 is 6.31. The zero-order chi connectivity index (χ0) is 9.31. The van der Waals surface area contributed by atoms with Crippen LogP contribution in [0.25, 0.3) is 0 Å². The van der Waals surface area contributed by atoms with E-state index in [9.17, 15) is 0 Å². The largest absolute Gasteiger partial charge is 0.261 e. The van der Waals surface area contributed by atoms with Crippen molar-refractivity contribution in [3.8, 4) is 0 Å². The van der Waals surface area contributed by atoms with Crippen LogP contribution in [0.15, 0.2) is 24.4 Å². The second-order valence-corrected chi connectivity index (χ2v) is 4.67. The molecule has 0 saturated heterocycles. The van der Waals surface area contributed by atoms with Gasteiger partial charge in [0.15, 0.2) is 0 Å². The topological polar surface area (TPSA) is 12.9 Å². The van der Waals surface area contributed by atoms with Gasteiger partial charge in [-0.3, -0.25) is 4.98 Å². The molecule has 1 heterocycles. The molecule has 1 aromatic heterocycles. The Balaban J connectivity index is 1.98. The Bertz CT molecular complexity index is 279. The predicted octanol–water partition coefficient (Wildman–Crippen LogP) is 3.03. The SMILES string of the molecule is CC1(C(Cl)Cc2ccccn2)CC1. The number of hydrogen-bond donors (Lipinski definition) is 0. The zero-order valence-electron chi connectivity index (χ0n) is 7.83. The Morgan fingerprint density at radius 2 is 2.31 bits per heavy atom. The molecule has 1 atom stereocenters. The molecular formula is C11H14ClN. The van der Waals surface area contributed by atoms with Crippen molar-refractivity contribution in [2.45, 2.75) is 31.6 Å². The fraction of sp³-hybridized carbons (Fsp3) is 0.545. The number of pyridine rings is 1. The van der Waals surface area contributed by atoms with E-state index in [1.165, 1.54) is 12.8 Å². The van der Waals surface area contributed by atoms with Crippen LogP contribution >= 0.6 is 11.6 Å². The molecule has 0 amide bonds. The van der Waals surface area contributed by atoms with Crippen LogP contribution in [0.5, 0.6) is 0 Å². The Morgan fingerprint density at radius 1 is 1.54 bits per heavy atom. The highest BCUT2D eigenvalue weighted by Crippen LogP contribution is 2.51. The van der Waals surface area contributed by atoms with Crippen LogP contribution in [-0.2, 0) is 6.42 Å². The molecule has 13 heavy (non-hydrogen) atoms. The summed E-state index contributed by atoms with van der Waals surface area (Å²) in [5.41, 5.74) is 1.50. The van der Waals surface area contributed by atoms with Gasteiger partial charge in [-0.15, -0.1) is 11.6 Å². The molecule has 0 aliphatic heterocycles. The Kier molecular flexibility index (Phi) is 2.29. The minimum atomic E-state index is 0.252. The average Bonchev–Trinajstić information content (AvgIpc) is 2.87. The van der Waals surface area contributed by atoms with E-state index in [1.807, 2.05) is 24.4 Å². The summed E-state index contributed by atoms with van der Waals surface area (Å²) in [6, 6.07) is 5.99. The third-order valence-corrected chi connectivity index (χ3v) is 3.59. The van der Waals surface area contributed by atoms with Gasteiger partial charge in [-0.05, 0) is 30.4 Å². The van der Waals surface area contributed by atoms with Crippen molar-refractivity contribution in [1.82, 2.24) is 4.98 Å². The minimum absolute atomic E-state index is 0.252. The van der Waals surface area contributed by atoms with Crippen molar-refractivity contribution in [2.24, 2.45) is 5.41 Å². The third kappa shape index (κ3) is 2.02. The van der Waals surface area contributed by atoms with E-state index >= 15 is 0 Å². The quantitative estimate of drug-likeness (QED) is 0.676. The molecule has 0 aromatic carbocycles. The smallest absolute Gasteiger partial charge is 0.0445 e. The summed E-state index contributed by atoms with van der Waals surface area (Å²) in [6.45, 7) is 2.26. The maximum atomic E-state index is 6.31. The highest BCUT2D eigenvalue weighted by molar-refractivity contribution is 6.21. The first kappa shape index (κ1) is 9.01. The van der Waals surface area contributed by atoms with Gasteiger partial charge >= 0.3 is 0 Å². The molecule has 0 radical (unpaired) electrons. The van der Waals surface area contributed by atoms with Crippen molar-refractivity contribution < 1.29 is 0 Å². The van der Waals surface area contributed by atoms with Gasteiger partial charge in [0.05, 0.1) is 0 Å². The van der Waals surface area contributed by atoms with E-state index in [1.54, 1.807) is 0 Å². The lowest BCUT2D eigenvalue weighted by atomic mass is 10.0. The molecular weight excluding hydrogens is 182 g/mol. The zero-order valence-corrected chi connectivity index (χ0v) is 8.59. The molecule has 0 spiro atoms. The van der Waals surface area contributed by atoms with Gasteiger partial charge in [0.2, 0.25) is 0 Å². The van der Waals surface area contributed by atoms with Crippen LogP contribution in [0.1, 0.15) is 25.5 Å². The molecule has 2 rings (SSSR count). The normalized spacial score (nSPS) is 21.1. The van der Waals surface area contributed by atoms with Gasteiger partial charge in [0, 0.05) is 23.7 Å². The van der Waals surface area contributed by atoms with Crippen LogP contribution < -0.4 is 0 Å². The van der Waals surface area contributed by atoms with Crippen molar-refractivity contribution in [3.63, 3.8) is 0 Å². The van der Waals surface area contributed by atoms with Gasteiger partial charge in [-0.2, -0.15) is 0 Å². The number of rotatable bonds is 3. The first-order chi connectivity index (χ1) is 6.21. The number of aromatic nitrogens is 1. The first-order valence-corrected chi connectivity index (χ1v) is 5.18. The molecule has 1 saturated carbocycles. The summed E-state index contributed by atoms with van der Waals surface area (Å²) in [6.07, 6.45) is 5.27. The summed E-state index contributed by atoms with van der Waals surface area (Å²) in [5, 5.41) is 0.252. The van der Waals surface area contributed by atoms with Gasteiger partial charge in [0.1, 0.15) is 0 Å². The van der Waals surface area contributed by atoms with E-state index in [4.69, 9.17) is 11.6 Å². The molecule has 1 nitrogen and oxygen atoms in total. The number of alkyl halides is 1. The highest BCUT2D eigenvalue weighted by atomic mass is 35.5. The summed E-state index contributed by atoms with van der Waals surface area (Å²) in [7, 11) is 0. The van der Waals surface area contributed by atoms with Crippen molar-refractivity contribution in [2.75, 3.05) is 0 Å². The summed E-state index contributed by atoms with van der Waals surface area (Å²) in [4.78, 5) is 4.28. The van der Waals surface area contributed by atoms with E-state index in [0.717, 1.165) is 12.1 Å². The molecule has 1 unspecified atom stereocenters. The molecule has 1 aliphatic rings. The molecule has 70 valence electrons. The monoisotopic (exact) mass is 195 g/mol. The van der Waals surface area contributed by atoms with Crippen LogP contribution in [0.4, 0.5) is 0 Å². The average molecular weight is 196 g/mol. The Labute approximate surface area is 84.1 Å². The molecule has 2 heteroatoms. The van der Waals surface area contributed by atoms with Gasteiger partial charge in [0.25, 0.3) is 0 Å². The second-order valence-electron chi connectivity index (χ2n) is 4.15. The standard InChI is InChI=1S/C11H14ClN/c1-11(5-6-11)10(12)8-9-4-2-3-7-13-9/h2-4,7,10H,5-6,8H2,1H3. The van der Waals surface area contributed by atoms with Crippen LogP contribution in [0.3, 0.4) is 0 Å². The van der Waals surface area contributed by atoms with Crippen molar-refractivity contribution in [1.29, 1.82) is 0 Å². The van der Waals surface area contributed by atoms with Crippen molar-refractivity contribution in [3.05, 3.63) is 30.1 Å². The summed E-state index contributed by atoms with van der Waals surface area (Å²) in [5.74, 6) is 0. The van der Waals surface area contributed by atoms with E-state index < -0.39 is 0 Å². The van der Waals surface area contributed by atoms with Gasteiger partial charge < -0.3 is 0 Å². The maximum Gasteiger partial charge on any atom is 0.0445 e. The molecule has 1 aliphatic carbocycles. The molecule has 0 bridgehead atoms. The Morgan fingerprint density at radius 3 is 2.85 bits per heavy atom. The number of nitrogens with zero attached hydrogens (tertiary/aromatic N) is 1. The van der Waals surface area contributed by atoms with E-state index in [0.29, 0.717) is 5.41 Å². The van der Waals surface area contributed by atoms with Crippen LogP contribution in [0.2, 0.25) is 0 Å². The second kappa shape index (κ2) is 3.30. The highest BCUT2D eigenvalue weighted by Gasteiger charge is 2.43. The van der Waals surface area contributed by atoms with E-state index in [2.05, 4.69) is 11.9 Å². The lowest BCUT2D eigenvalue weighted by Crippen LogP contribution is -2.15. The fourth-order valence-corrected chi connectivity index (χ4v) is 1.84. The van der Waals surface area contributed by atoms with Crippen LogP contribution in [0, 0.1) is 5.41 Å². The predicted molar refractivity (Wildman–Crippen MR) is 54.9 cm³/mol. The van der Waals surface area contributed by atoms with E-state index in [-0.39, 0.29) is 5.38 Å². The van der Waals surface area contributed by atoms with Gasteiger partial charge in [-0.25, -0.2) is 0 Å². The maximum absolute atomic E-state index is 6.31. The number of hydrogen-bond acceptors (Lipinski definition) is 1. The molecule has 1 aromatic rings. The van der Waals surface area contributed by atoms with Crippen LogP contribution in [-0.4, -0.2) is 10.4 Å². The lowest BCUT2D eigenvalue weighted by molar-refractivity contribution is 0.524. The summed E-state index contributed by atoms with van der Waals surface area (Å²) < 4.78 is 0. The van der Waals surface area contributed by atoms with Gasteiger partial charge in [-0.1, -0.05) is 13.0 Å².